The average molecular weight is 399 g/mol. The Kier molecular flexibility index (Phi) is 6.09. The van der Waals surface area contributed by atoms with Crippen LogP contribution >= 0.6 is 0 Å². The predicted octanol–water partition coefficient (Wildman–Crippen LogP) is 3.83. The van der Waals surface area contributed by atoms with Crippen LogP contribution in [0.1, 0.15) is 36.0 Å². The number of carbonyl (C=O) groups excluding carboxylic acids is 1. The quantitative estimate of drug-likeness (QED) is 0.849. The van der Waals surface area contributed by atoms with Crippen LogP contribution in [-0.4, -0.2) is 49.1 Å². The van der Waals surface area contributed by atoms with E-state index in [0.29, 0.717) is 12.1 Å². The van der Waals surface area contributed by atoms with Gasteiger partial charge in [-0.15, -0.1) is 0 Å². The number of nitrogens with one attached hydrogen (secondary N) is 1. The van der Waals surface area contributed by atoms with E-state index in [1.807, 2.05) is 35.2 Å². The minimum Gasteiger partial charge on any atom is -0.371 e. The molecule has 1 N–H and O–H groups in total. The van der Waals surface area contributed by atoms with Crippen molar-refractivity contribution >= 4 is 11.6 Å². The first kappa shape index (κ1) is 19.8. The maximum Gasteiger partial charge on any atom is 0.253 e. The molecule has 2 heterocycles. The van der Waals surface area contributed by atoms with E-state index in [1.165, 1.54) is 12.1 Å². The fraction of sp³-hybridized carbons (Fsp3) is 0.435. The SMILES string of the molecule is O=C(c1ccccc1)N1CCCC(NC2CCN(c3ccc(F)c(F)c3)CC2)C1. The van der Waals surface area contributed by atoms with Crippen molar-refractivity contribution in [1.82, 2.24) is 10.2 Å². The van der Waals surface area contributed by atoms with Gasteiger partial charge in [-0.2, -0.15) is 0 Å². The molecule has 4 rings (SSSR count). The van der Waals surface area contributed by atoms with E-state index in [0.717, 1.165) is 63.1 Å². The first-order valence-electron chi connectivity index (χ1n) is 10.4. The topological polar surface area (TPSA) is 35.6 Å². The molecule has 2 saturated heterocycles. The molecule has 154 valence electrons. The van der Waals surface area contributed by atoms with Gasteiger partial charge >= 0.3 is 0 Å². The van der Waals surface area contributed by atoms with Crippen LogP contribution in [0.2, 0.25) is 0 Å². The molecule has 2 aliphatic heterocycles. The second-order valence-electron chi connectivity index (χ2n) is 7.98. The van der Waals surface area contributed by atoms with Crippen LogP contribution in [0.25, 0.3) is 0 Å². The first-order chi connectivity index (χ1) is 14.1. The van der Waals surface area contributed by atoms with Crippen LogP contribution in [0, 0.1) is 11.6 Å². The van der Waals surface area contributed by atoms with Crippen LogP contribution in [-0.2, 0) is 0 Å². The summed E-state index contributed by atoms with van der Waals surface area (Å²) in [7, 11) is 0. The Morgan fingerprint density at radius 1 is 0.897 bits per heavy atom. The van der Waals surface area contributed by atoms with E-state index < -0.39 is 11.6 Å². The Labute approximate surface area is 170 Å². The summed E-state index contributed by atoms with van der Waals surface area (Å²) in [6.45, 7) is 3.15. The van der Waals surface area contributed by atoms with Gasteiger partial charge in [0.1, 0.15) is 0 Å². The predicted molar refractivity (Wildman–Crippen MR) is 110 cm³/mol. The Hall–Kier alpha value is -2.47. The molecule has 1 atom stereocenters. The minimum absolute atomic E-state index is 0.102. The van der Waals surface area contributed by atoms with E-state index in [9.17, 15) is 13.6 Å². The van der Waals surface area contributed by atoms with E-state index in [2.05, 4.69) is 10.2 Å². The monoisotopic (exact) mass is 399 g/mol. The Bertz CT molecular complexity index is 837. The number of piperidine rings is 2. The van der Waals surface area contributed by atoms with Gasteiger partial charge in [0.15, 0.2) is 11.6 Å². The third-order valence-corrected chi connectivity index (χ3v) is 5.96. The highest BCUT2D eigenvalue weighted by molar-refractivity contribution is 5.94. The molecule has 1 unspecified atom stereocenters. The largest absolute Gasteiger partial charge is 0.371 e. The molecule has 0 spiro atoms. The summed E-state index contributed by atoms with van der Waals surface area (Å²) in [6, 6.07) is 14.2. The molecule has 2 aliphatic rings. The number of benzene rings is 2. The molecule has 0 saturated carbocycles. The van der Waals surface area contributed by atoms with Gasteiger partial charge in [0.05, 0.1) is 0 Å². The Balaban J connectivity index is 1.29. The van der Waals surface area contributed by atoms with Crippen LogP contribution in [0.5, 0.6) is 0 Å². The highest BCUT2D eigenvalue weighted by Crippen LogP contribution is 2.23. The Morgan fingerprint density at radius 3 is 2.38 bits per heavy atom. The number of rotatable bonds is 4. The lowest BCUT2D eigenvalue weighted by molar-refractivity contribution is 0.0687. The van der Waals surface area contributed by atoms with Crippen molar-refractivity contribution in [2.75, 3.05) is 31.1 Å². The summed E-state index contributed by atoms with van der Waals surface area (Å²) in [6.07, 6.45) is 3.97. The molecule has 0 radical (unpaired) electrons. The van der Waals surface area contributed by atoms with Gasteiger partial charge in [-0.05, 0) is 49.9 Å². The molecule has 0 aromatic heterocycles. The number of hydrogen-bond donors (Lipinski definition) is 1. The standard InChI is InChI=1S/C23H27F2N3O/c24-21-9-8-20(15-22(21)25)27-13-10-18(11-14-27)26-19-7-4-12-28(16-19)23(29)17-5-2-1-3-6-17/h1-3,5-6,8-9,15,18-19,26H,4,7,10-14,16H2. The van der Waals surface area contributed by atoms with Gasteiger partial charge < -0.3 is 15.1 Å². The minimum atomic E-state index is -0.808. The molecule has 6 heteroatoms. The van der Waals surface area contributed by atoms with Crippen molar-refractivity contribution in [3.05, 3.63) is 65.7 Å². The van der Waals surface area contributed by atoms with E-state index in [-0.39, 0.29) is 5.91 Å². The third-order valence-electron chi connectivity index (χ3n) is 5.96. The average Bonchev–Trinajstić information content (AvgIpc) is 2.76. The summed E-state index contributed by atoms with van der Waals surface area (Å²) < 4.78 is 26.7. The lowest BCUT2D eigenvalue weighted by atomic mass is 9.99. The van der Waals surface area contributed by atoms with Crippen molar-refractivity contribution in [2.45, 2.75) is 37.8 Å². The van der Waals surface area contributed by atoms with E-state index in [1.54, 1.807) is 6.07 Å². The summed E-state index contributed by atoms with van der Waals surface area (Å²) in [5.74, 6) is -1.50. The third kappa shape index (κ3) is 4.75. The highest BCUT2D eigenvalue weighted by atomic mass is 19.2. The lowest BCUT2D eigenvalue weighted by Gasteiger charge is -2.39. The van der Waals surface area contributed by atoms with Crippen molar-refractivity contribution in [3.63, 3.8) is 0 Å². The molecule has 0 bridgehead atoms. The van der Waals surface area contributed by atoms with Gasteiger partial charge in [0.25, 0.3) is 5.91 Å². The number of hydrogen-bond acceptors (Lipinski definition) is 3. The van der Waals surface area contributed by atoms with Crippen LogP contribution in [0.15, 0.2) is 48.5 Å². The smallest absolute Gasteiger partial charge is 0.253 e. The van der Waals surface area contributed by atoms with E-state index in [4.69, 9.17) is 0 Å². The number of halogens is 2. The number of nitrogens with zero attached hydrogens (tertiary/aromatic N) is 2. The molecule has 2 aromatic carbocycles. The molecular formula is C23H27F2N3O. The summed E-state index contributed by atoms with van der Waals surface area (Å²) in [5.41, 5.74) is 1.48. The fourth-order valence-corrected chi connectivity index (χ4v) is 4.38. The van der Waals surface area contributed by atoms with Gasteiger partial charge in [-0.1, -0.05) is 18.2 Å². The fourth-order valence-electron chi connectivity index (χ4n) is 4.38. The van der Waals surface area contributed by atoms with Crippen molar-refractivity contribution in [3.8, 4) is 0 Å². The number of carbonyl (C=O) groups is 1. The molecule has 0 aliphatic carbocycles. The summed E-state index contributed by atoms with van der Waals surface area (Å²) in [4.78, 5) is 16.8. The zero-order valence-electron chi connectivity index (χ0n) is 16.5. The molecule has 1 amide bonds. The number of amides is 1. The zero-order chi connectivity index (χ0) is 20.2. The van der Waals surface area contributed by atoms with Crippen LogP contribution in [0.4, 0.5) is 14.5 Å². The van der Waals surface area contributed by atoms with E-state index >= 15 is 0 Å². The molecular weight excluding hydrogens is 372 g/mol. The molecule has 4 nitrogen and oxygen atoms in total. The summed E-state index contributed by atoms with van der Waals surface area (Å²) in [5, 5.41) is 3.73. The molecule has 29 heavy (non-hydrogen) atoms. The van der Waals surface area contributed by atoms with Gasteiger partial charge in [0, 0.05) is 55.6 Å². The van der Waals surface area contributed by atoms with Crippen molar-refractivity contribution in [1.29, 1.82) is 0 Å². The Morgan fingerprint density at radius 2 is 1.66 bits per heavy atom. The normalized spacial score (nSPS) is 20.7. The number of likely N-dealkylation sites (tertiary alicyclic amines) is 1. The molecule has 2 aromatic rings. The van der Waals surface area contributed by atoms with Gasteiger partial charge in [-0.25, -0.2) is 8.78 Å². The highest BCUT2D eigenvalue weighted by Gasteiger charge is 2.27. The molecule has 2 fully saturated rings. The zero-order valence-corrected chi connectivity index (χ0v) is 16.5. The van der Waals surface area contributed by atoms with Gasteiger partial charge in [0.2, 0.25) is 0 Å². The van der Waals surface area contributed by atoms with Crippen molar-refractivity contribution in [2.24, 2.45) is 0 Å². The first-order valence-corrected chi connectivity index (χ1v) is 10.4. The van der Waals surface area contributed by atoms with Crippen LogP contribution < -0.4 is 10.2 Å². The summed E-state index contributed by atoms with van der Waals surface area (Å²) >= 11 is 0. The number of anilines is 1. The van der Waals surface area contributed by atoms with Crippen LogP contribution in [0.3, 0.4) is 0 Å². The second kappa shape index (κ2) is 8.91. The maximum atomic E-state index is 13.5. The van der Waals surface area contributed by atoms with Crippen molar-refractivity contribution < 1.29 is 13.6 Å². The lowest BCUT2D eigenvalue weighted by Crippen LogP contribution is -2.53. The maximum absolute atomic E-state index is 13.5. The van der Waals surface area contributed by atoms with Gasteiger partial charge in [-0.3, -0.25) is 4.79 Å². The second-order valence-corrected chi connectivity index (χ2v) is 7.98.